The average molecular weight is 300 g/mol. The number of phenols is 1. The summed E-state index contributed by atoms with van der Waals surface area (Å²) < 4.78 is 0. The largest absolute Gasteiger partial charge is 0.508 e. The highest BCUT2D eigenvalue weighted by molar-refractivity contribution is 5.85. The van der Waals surface area contributed by atoms with Gasteiger partial charge in [-0.05, 0) is 50.6 Å². The summed E-state index contributed by atoms with van der Waals surface area (Å²) in [5.41, 5.74) is 1.14. The summed E-state index contributed by atoms with van der Waals surface area (Å²) in [6, 6.07) is 7.50. The highest BCUT2D eigenvalue weighted by Crippen LogP contribution is 2.37. The zero-order valence-electron chi connectivity index (χ0n) is 12.3. The number of aromatic hydroxyl groups is 1. The molecule has 0 spiro atoms. The minimum absolute atomic E-state index is 0. The van der Waals surface area contributed by atoms with Gasteiger partial charge in [0.2, 0.25) is 0 Å². The number of aliphatic hydroxyl groups is 1. The Morgan fingerprint density at radius 2 is 1.95 bits per heavy atom. The molecule has 0 bridgehead atoms. The maximum absolute atomic E-state index is 10.3. The molecule has 1 fully saturated rings. The van der Waals surface area contributed by atoms with Crippen LogP contribution in [-0.4, -0.2) is 41.9 Å². The van der Waals surface area contributed by atoms with Crippen LogP contribution in [0.1, 0.15) is 37.2 Å². The third-order valence-electron chi connectivity index (χ3n) is 4.16. The molecule has 1 aliphatic rings. The Kier molecular flexibility index (Phi) is 6.80. The van der Waals surface area contributed by atoms with Crippen LogP contribution in [0.4, 0.5) is 0 Å². The van der Waals surface area contributed by atoms with E-state index >= 15 is 0 Å². The summed E-state index contributed by atoms with van der Waals surface area (Å²) in [5.74, 6) is 0.905. The van der Waals surface area contributed by atoms with E-state index < -0.39 is 0 Å². The Morgan fingerprint density at radius 1 is 1.25 bits per heavy atom. The molecule has 0 aliphatic heterocycles. The van der Waals surface area contributed by atoms with E-state index in [1.54, 1.807) is 6.07 Å². The lowest BCUT2D eigenvalue weighted by Gasteiger charge is -2.36. The molecule has 114 valence electrons. The van der Waals surface area contributed by atoms with Gasteiger partial charge in [0, 0.05) is 12.5 Å². The fourth-order valence-corrected chi connectivity index (χ4v) is 3.25. The average Bonchev–Trinajstić information content (AvgIpc) is 2.37. The molecule has 1 aliphatic carbocycles. The maximum Gasteiger partial charge on any atom is 0.115 e. The lowest BCUT2D eigenvalue weighted by molar-refractivity contribution is 0.0494. The molecule has 0 heterocycles. The lowest BCUT2D eigenvalue weighted by atomic mass is 9.75. The summed E-state index contributed by atoms with van der Waals surface area (Å²) in [6.07, 6.45) is 4.11. The first-order valence-electron chi connectivity index (χ1n) is 7.19. The van der Waals surface area contributed by atoms with Crippen LogP contribution in [0.15, 0.2) is 24.3 Å². The zero-order chi connectivity index (χ0) is 13.8. The fraction of sp³-hybridized carbons (Fsp3) is 0.625. The summed E-state index contributed by atoms with van der Waals surface area (Å²) in [7, 11) is 4.12. The van der Waals surface area contributed by atoms with E-state index in [4.69, 9.17) is 0 Å². The Morgan fingerprint density at radius 3 is 2.55 bits per heavy atom. The second kappa shape index (κ2) is 7.87. The molecule has 0 radical (unpaired) electrons. The van der Waals surface area contributed by atoms with Crippen LogP contribution in [0.2, 0.25) is 0 Å². The van der Waals surface area contributed by atoms with Gasteiger partial charge in [0.1, 0.15) is 5.75 Å². The number of hydrogen-bond donors (Lipinski definition) is 2. The smallest absolute Gasteiger partial charge is 0.115 e. The van der Waals surface area contributed by atoms with E-state index in [0.29, 0.717) is 11.7 Å². The van der Waals surface area contributed by atoms with Gasteiger partial charge in [-0.25, -0.2) is 0 Å². The van der Waals surface area contributed by atoms with Crippen molar-refractivity contribution < 1.29 is 10.2 Å². The Labute approximate surface area is 128 Å². The Hall–Kier alpha value is -0.770. The monoisotopic (exact) mass is 299 g/mol. The molecule has 0 amide bonds. The predicted octanol–water partition coefficient (Wildman–Crippen LogP) is 3.01. The van der Waals surface area contributed by atoms with Gasteiger partial charge in [0.25, 0.3) is 0 Å². The lowest BCUT2D eigenvalue weighted by Crippen LogP contribution is -2.35. The second-order valence-corrected chi connectivity index (χ2v) is 5.98. The van der Waals surface area contributed by atoms with Gasteiger partial charge in [-0.15, -0.1) is 12.4 Å². The number of aliphatic hydroxyl groups excluding tert-OH is 1. The third-order valence-corrected chi connectivity index (χ3v) is 4.16. The Bertz CT molecular complexity index is 411. The molecule has 1 aromatic rings. The van der Waals surface area contributed by atoms with E-state index in [-0.39, 0.29) is 24.4 Å². The minimum Gasteiger partial charge on any atom is -0.508 e. The molecule has 1 unspecified atom stereocenters. The van der Waals surface area contributed by atoms with Crippen molar-refractivity contribution in [3.63, 3.8) is 0 Å². The molecule has 2 N–H and O–H groups in total. The van der Waals surface area contributed by atoms with Gasteiger partial charge >= 0.3 is 0 Å². The van der Waals surface area contributed by atoms with Crippen molar-refractivity contribution in [2.24, 2.45) is 5.92 Å². The summed E-state index contributed by atoms with van der Waals surface area (Å²) in [5, 5.41) is 20.0. The SMILES string of the molecule is CN(C)CC(c1cccc(O)c1)[C@H]1CCCC[C@@H]1O.Cl. The van der Waals surface area contributed by atoms with Gasteiger partial charge in [-0.2, -0.15) is 0 Å². The quantitative estimate of drug-likeness (QED) is 0.898. The molecule has 3 nitrogen and oxygen atoms in total. The molecule has 3 atom stereocenters. The first-order valence-corrected chi connectivity index (χ1v) is 7.19. The second-order valence-electron chi connectivity index (χ2n) is 5.98. The van der Waals surface area contributed by atoms with Crippen LogP contribution in [0.3, 0.4) is 0 Å². The molecule has 0 aromatic heterocycles. The van der Waals surface area contributed by atoms with Crippen LogP contribution >= 0.6 is 12.4 Å². The van der Waals surface area contributed by atoms with Crippen molar-refractivity contribution in [1.29, 1.82) is 0 Å². The zero-order valence-corrected chi connectivity index (χ0v) is 13.1. The van der Waals surface area contributed by atoms with Gasteiger partial charge in [-0.1, -0.05) is 25.0 Å². The van der Waals surface area contributed by atoms with Gasteiger partial charge in [0.05, 0.1) is 6.10 Å². The molecule has 0 saturated heterocycles. The number of rotatable bonds is 4. The van der Waals surface area contributed by atoms with Crippen LogP contribution in [0.25, 0.3) is 0 Å². The first-order chi connectivity index (χ1) is 9.08. The van der Waals surface area contributed by atoms with E-state index in [9.17, 15) is 10.2 Å². The number of likely N-dealkylation sites (N-methyl/N-ethyl adjacent to an activating group) is 1. The van der Waals surface area contributed by atoms with Gasteiger partial charge in [-0.3, -0.25) is 0 Å². The van der Waals surface area contributed by atoms with Crippen LogP contribution in [-0.2, 0) is 0 Å². The van der Waals surface area contributed by atoms with Crippen LogP contribution in [0.5, 0.6) is 5.75 Å². The minimum atomic E-state index is -0.207. The normalized spacial score (nSPS) is 24.2. The van der Waals surface area contributed by atoms with Crippen LogP contribution < -0.4 is 0 Å². The van der Waals surface area contributed by atoms with Crippen molar-refractivity contribution in [1.82, 2.24) is 4.90 Å². The molecular weight excluding hydrogens is 274 g/mol. The van der Waals surface area contributed by atoms with Crippen molar-refractivity contribution in [3.05, 3.63) is 29.8 Å². The van der Waals surface area contributed by atoms with Crippen molar-refractivity contribution >= 4 is 12.4 Å². The van der Waals surface area contributed by atoms with Gasteiger partial charge < -0.3 is 15.1 Å². The highest BCUT2D eigenvalue weighted by atomic mass is 35.5. The molecular formula is C16H26ClNO2. The van der Waals surface area contributed by atoms with Crippen molar-refractivity contribution in [3.8, 4) is 5.75 Å². The summed E-state index contributed by atoms with van der Waals surface area (Å²) in [6.45, 7) is 0.908. The number of phenolic OH excluding ortho intramolecular Hbond substituents is 1. The van der Waals surface area contributed by atoms with Crippen molar-refractivity contribution in [2.45, 2.75) is 37.7 Å². The molecule has 1 saturated carbocycles. The van der Waals surface area contributed by atoms with E-state index in [1.165, 1.54) is 6.42 Å². The number of benzene rings is 1. The molecule has 20 heavy (non-hydrogen) atoms. The molecule has 4 heteroatoms. The van der Waals surface area contributed by atoms with E-state index in [0.717, 1.165) is 31.4 Å². The third kappa shape index (κ3) is 4.37. The van der Waals surface area contributed by atoms with E-state index in [2.05, 4.69) is 25.1 Å². The molecule has 1 aromatic carbocycles. The topological polar surface area (TPSA) is 43.7 Å². The highest BCUT2D eigenvalue weighted by Gasteiger charge is 2.31. The number of nitrogens with zero attached hydrogens (tertiary/aromatic N) is 1. The van der Waals surface area contributed by atoms with E-state index in [1.807, 2.05) is 12.1 Å². The first kappa shape index (κ1) is 17.3. The predicted molar refractivity (Wildman–Crippen MR) is 84.6 cm³/mol. The maximum atomic E-state index is 10.3. The fourth-order valence-electron chi connectivity index (χ4n) is 3.25. The van der Waals surface area contributed by atoms with Crippen LogP contribution in [0, 0.1) is 5.92 Å². The summed E-state index contributed by atoms with van der Waals surface area (Å²) in [4.78, 5) is 2.16. The molecule has 2 rings (SSSR count). The number of hydrogen-bond acceptors (Lipinski definition) is 3. The Balaban J connectivity index is 0.00000200. The standard InChI is InChI=1S/C16H25NO2.ClH/c1-17(2)11-15(12-6-5-7-13(18)10-12)14-8-3-4-9-16(14)19;/h5-7,10,14-16,18-19H,3-4,8-9,11H2,1-2H3;1H/t14-,15?,16+;/m1./s1. The van der Waals surface area contributed by atoms with Crippen molar-refractivity contribution in [2.75, 3.05) is 20.6 Å². The number of halogens is 1. The summed E-state index contributed by atoms with van der Waals surface area (Å²) >= 11 is 0. The van der Waals surface area contributed by atoms with Gasteiger partial charge in [0.15, 0.2) is 0 Å².